The van der Waals surface area contributed by atoms with Gasteiger partial charge in [0.1, 0.15) is 5.82 Å². The molecule has 2 unspecified atom stereocenters. The Kier molecular flexibility index (Phi) is 3.94. The summed E-state index contributed by atoms with van der Waals surface area (Å²) in [6.07, 6.45) is 4.96. The smallest absolute Gasteiger partial charge is 0.123 e. The first-order chi connectivity index (χ1) is 7.81. The second kappa shape index (κ2) is 5.44. The van der Waals surface area contributed by atoms with E-state index in [-0.39, 0.29) is 5.82 Å². The number of rotatable bonds is 3. The second-order valence-corrected chi connectivity index (χ2v) is 4.61. The first-order valence-electron chi connectivity index (χ1n) is 6.30. The first kappa shape index (κ1) is 11.6. The molecule has 1 fully saturated rings. The van der Waals surface area contributed by atoms with E-state index in [0.717, 1.165) is 12.1 Å². The second-order valence-electron chi connectivity index (χ2n) is 4.61. The molecule has 1 aromatic carbocycles. The Morgan fingerprint density at radius 2 is 2.12 bits per heavy atom. The van der Waals surface area contributed by atoms with Gasteiger partial charge in [-0.2, -0.15) is 0 Å². The Labute approximate surface area is 97.1 Å². The molecule has 0 aromatic heterocycles. The van der Waals surface area contributed by atoms with Crippen LogP contribution in [0, 0.1) is 5.82 Å². The lowest BCUT2D eigenvalue weighted by atomic mass is 9.80. The lowest BCUT2D eigenvalue weighted by Gasteiger charge is -2.32. The van der Waals surface area contributed by atoms with E-state index in [0.29, 0.717) is 12.0 Å². The summed E-state index contributed by atoms with van der Waals surface area (Å²) in [4.78, 5) is 0. The molecule has 0 heterocycles. The van der Waals surface area contributed by atoms with E-state index >= 15 is 0 Å². The van der Waals surface area contributed by atoms with Gasteiger partial charge in [-0.05, 0) is 43.0 Å². The van der Waals surface area contributed by atoms with Crippen LogP contribution in [0.3, 0.4) is 0 Å². The van der Waals surface area contributed by atoms with Crippen LogP contribution in [0.15, 0.2) is 24.3 Å². The SMILES string of the molecule is CCNC1CCCCC1c1cccc(F)c1. The predicted octanol–water partition coefficient (Wildman–Crippen LogP) is 3.46. The first-order valence-corrected chi connectivity index (χ1v) is 6.30. The minimum atomic E-state index is -0.113. The van der Waals surface area contributed by atoms with Crippen molar-refractivity contribution in [3.8, 4) is 0 Å². The zero-order valence-electron chi connectivity index (χ0n) is 9.88. The fourth-order valence-corrected chi connectivity index (χ4v) is 2.77. The molecule has 0 saturated heterocycles. The highest BCUT2D eigenvalue weighted by atomic mass is 19.1. The molecule has 0 amide bonds. The average molecular weight is 221 g/mol. The maximum absolute atomic E-state index is 13.2. The molecular formula is C14H20FN. The lowest BCUT2D eigenvalue weighted by molar-refractivity contribution is 0.332. The summed E-state index contributed by atoms with van der Waals surface area (Å²) in [7, 11) is 0. The van der Waals surface area contributed by atoms with Crippen molar-refractivity contribution in [1.29, 1.82) is 0 Å². The van der Waals surface area contributed by atoms with Crippen LogP contribution in [-0.4, -0.2) is 12.6 Å². The Morgan fingerprint density at radius 1 is 1.31 bits per heavy atom. The maximum Gasteiger partial charge on any atom is 0.123 e. The van der Waals surface area contributed by atoms with E-state index in [9.17, 15) is 4.39 Å². The van der Waals surface area contributed by atoms with Gasteiger partial charge in [-0.1, -0.05) is 31.9 Å². The lowest BCUT2D eigenvalue weighted by Crippen LogP contribution is -2.37. The Bertz CT molecular complexity index is 335. The number of halogens is 1. The van der Waals surface area contributed by atoms with E-state index in [4.69, 9.17) is 0 Å². The van der Waals surface area contributed by atoms with E-state index in [1.807, 2.05) is 6.07 Å². The van der Waals surface area contributed by atoms with Crippen molar-refractivity contribution in [3.05, 3.63) is 35.6 Å². The van der Waals surface area contributed by atoms with Gasteiger partial charge >= 0.3 is 0 Å². The molecule has 16 heavy (non-hydrogen) atoms. The number of nitrogens with one attached hydrogen (secondary N) is 1. The highest BCUT2D eigenvalue weighted by Crippen LogP contribution is 2.33. The normalized spacial score (nSPS) is 25.6. The molecule has 2 atom stereocenters. The molecular weight excluding hydrogens is 201 g/mol. The van der Waals surface area contributed by atoms with Crippen LogP contribution in [0.4, 0.5) is 4.39 Å². The Hall–Kier alpha value is -0.890. The van der Waals surface area contributed by atoms with Crippen molar-refractivity contribution in [3.63, 3.8) is 0 Å². The van der Waals surface area contributed by atoms with Crippen molar-refractivity contribution in [1.82, 2.24) is 5.32 Å². The number of benzene rings is 1. The van der Waals surface area contributed by atoms with E-state index in [2.05, 4.69) is 18.3 Å². The number of likely N-dealkylation sites (N-methyl/N-ethyl adjacent to an activating group) is 1. The largest absolute Gasteiger partial charge is 0.314 e. The van der Waals surface area contributed by atoms with Crippen LogP contribution in [0.5, 0.6) is 0 Å². The quantitative estimate of drug-likeness (QED) is 0.824. The molecule has 1 N–H and O–H groups in total. The van der Waals surface area contributed by atoms with E-state index in [1.54, 1.807) is 6.07 Å². The van der Waals surface area contributed by atoms with Gasteiger partial charge in [-0.15, -0.1) is 0 Å². The van der Waals surface area contributed by atoms with Crippen LogP contribution in [-0.2, 0) is 0 Å². The molecule has 0 radical (unpaired) electrons. The number of hydrogen-bond acceptors (Lipinski definition) is 1. The highest BCUT2D eigenvalue weighted by Gasteiger charge is 2.25. The van der Waals surface area contributed by atoms with E-state index < -0.39 is 0 Å². The topological polar surface area (TPSA) is 12.0 Å². The van der Waals surface area contributed by atoms with E-state index in [1.165, 1.54) is 31.7 Å². The minimum absolute atomic E-state index is 0.113. The fraction of sp³-hybridized carbons (Fsp3) is 0.571. The summed E-state index contributed by atoms with van der Waals surface area (Å²) in [5.41, 5.74) is 1.16. The Balaban J connectivity index is 2.16. The van der Waals surface area contributed by atoms with Crippen LogP contribution >= 0.6 is 0 Å². The Morgan fingerprint density at radius 3 is 2.88 bits per heavy atom. The van der Waals surface area contributed by atoms with Crippen LogP contribution in [0.25, 0.3) is 0 Å². The molecule has 0 spiro atoms. The molecule has 0 aliphatic heterocycles. The van der Waals surface area contributed by atoms with Crippen LogP contribution in [0.1, 0.15) is 44.1 Å². The fourth-order valence-electron chi connectivity index (χ4n) is 2.77. The summed E-state index contributed by atoms with van der Waals surface area (Å²) in [6, 6.07) is 7.63. The van der Waals surface area contributed by atoms with Crippen molar-refractivity contribution in [2.75, 3.05) is 6.54 Å². The highest BCUT2D eigenvalue weighted by molar-refractivity contribution is 5.23. The third-order valence-electron chi connectivity index (χ3n) is 3.51. The van der Waals surface area contributed by atoms with Gasteiger partial charge in [0.05, 0.1) is 0 Å². The molecule has 0 bridgehead atoms. The van der Waals surface area contributed by atoms with Gasteiger partial charge in [0.15, 0.2) is 0 Å². The van der Waals surface area contributed by atoms with Crippen molar-refractivity contribution < 1.29 is 4.39 Å². The third kappa shape index (κ3) is 2.62. The molecule has 1 aliphatic carbocycles. The molecule has 1 saturated carbocycles. The molecule has 1 aromatic rings. The molecule has 2 rings (SSSR count). The molecule has 1 aliphatic rings. The minimum Gasteiger partial charge on any atom is -0.314 e. The molecule has 1 nitrogen and oxygen atoms in total. The van der Waals surface area contributed by atoms with Crippen LogP contribution < -0.4 is 5.32 Å². The maximum atomic E-state index is 13.2. The van der Waals surface area contributed by atoms with Crippen molar-refractivity contribution in [2.45, 2.75) is 44.6 Å². The monoisotopic (exact) mass is 221 g/mol. The molecule has 88 valence electrons. The zero-order chi connectivity index (χ0) is 11.4. The summed E-state index contributed by atoms with van der Waals surface area (Å²) in [5, 5.41) is 3.53. The van der Waals surface area contributed by atoms with Gasteiger partial charge in [-0.25, -0.2) is 4.39 Å². The summed E-state index contributed by atoms with van der Waals surface area (Å²) >= 11 is 0. The van der Waals surface area contributed by atoms with Gasteiger partial charge in [-0.3, -0.25) is 0 Å². The van der Waals surface area contributed by atoms with Crippen molar-refractivity contribution >= 4 is 0 Å². The van der Waals surface area contributed by atoms with Crippen LogP contribution in [0.2, 0.25) is 0 Å². The standard InChI is InChI=1S/C14H20FN/c1-2-16-14-9-4-3-8-13(14)11-6-5-7-12(15)10-11/h5-7,10,13-14,16H,2-4,8-9H2,1H3. The predicted molar refractivity (Wildman–Crippen MR) is 65.1 cm³/mol. The van der Waals surface area contributed by atoms with Gasteiger partial charge in [0.25, 0.3) is 0 Å². The third-order valence-corrected chi connectivity index (χ3v) is 3.51. The average Bonchev–Trinajstić information content (AvgIpc) is 2.30. The van der Waals surface area contributed by atoms with Gasteiger partial charge in [0, 0.05) is 6.04 Å². The summed E-state index contributed by atoms with van der Waals surface area (Å²) in [6.45, 7) is 3.13. The summed E-state index contributed by atoms with van der Waals surface area (Å²) < 4.78 is 13.2. The van der Waals surface area contributed by atoms with Gasteiger partial charge < -0.3 is 5.32 Å². The molecule has 2 heteroatoms. The van der Waals surface area contributed by atoms with Gasteiger partial charge in [0.2, 0.25) is 0 Å². The summed E-state index contributed by atoms with van der Waals surface area (Å²) in [5.74, 6) is 0.378. The number of hydrogen-bond donors (Lipinski definition) is 1. The van der Waals surface area contributed by atoms with Crippen molar-refractivity contribution in [2.24, 2.45) is 0 Å². The zero-order valence-corrected chi connectivity index (χ0v) is 9.88.